The van der Waals surface area contributed by atoms with Crippen molar-refractivity contribution in [2.75, 3.05) is 5.75 Å². The lowest BCUT2D eigenvalue weighted by Gasteiger charge is -2.17. The van der Waals surface area contributed by atoms with Gasteiger partial charge in [-0.2, -0.15) is 5.10 Å². The second kappa shape index (κ2) is 7.37. The zero-order valence-electron chi connectivity index (χ0n) is 14.7. The summed E-state index contributed by atoms with van der Waals surface area (Å²) in [6, 6.07) is 3.56. The van der Waals surface area contributed by atoms with Crippen LogP contribution in [0.25, 0.3) is 0 Å². The van der Waals surface area contributed by atoms with Gasteiger partial charge in [0.2, 0.25) is 0 Å². The first-order valence-corrected chi connectivity index (χ1v) is 10.1. The van der Waals surface area contributed by atoms with Gasteiger partial charge < -0.3 is 4.74 Å². The molecule has 0 bridgehead atoms. The molecule has 0 spiro atoms. The molecule has 0 N–H and O–H groups in total. The standard InChI is InChI=1S/C19H18ClF2N3OS/c1-2-27-18-23-11-24-25(18)10-19(14-8-7-12(21)9-16(14)22)17(26-19)13-5-3-4-6-15(13)20/h3,5,7-9,11,17H,2,4,6,10H2,1H3. The SMILES string of the molecule is CCSc1ncnn1CC1(c2ccc(F)cc2F)OC1C1=C(Cl)CCC=C1. The van der Waals surface area contributed by atoms with Crippen LogP contribution in [0.2, 0.25) is 0 Å². The number of rotatable bonds is 6. The van der Waals surface area contributed by atoms with Crippen LogP contribution in [0.3, 0.4) is 0 Å². The maximum Gasteiger partial charge on any atom is 0.186 e. The zero-order chi connectivity index (χ0) is 19.0. The van der Waals surface area contributed by atoms with E-state index >= 15 is 0 Å². The van der Waals surface area contributed by atoms with E-state index < -0.39 is 23.3 Å². The zero-order valence-corrected chi connectivity index (χ0v) is 16.2. The molecule has 2 heterocycles. The van der Waals surface area contributed by atoms with E-state index in [4.69, 9.17) is 16.3 Å². The lowest BCUT2D eigenvalue weighted by atomic mass is 9.89. The lowest BCUT2D eigenvalue weighted by molar-refractivity contribution is 0.252. The van der Waals surface area contributed by atoms with Crippen molar-refractivity contribution >= 4 is 23.4 Å². The van der Waals surface area contributed by atoms with E-state index in [1.165, 1.54) is 18.5 Å². The molecule has 2 atom stereocenters. The van der Waals surface area contributed by atoms with Gasteiger partial charge in [0.25, 0.3) is 0 Å². The molecule has 27 heavy (non-hydrogen) atoms. The van der Waals surface area contributed by atoms with Crippen molar-refractivity contribution in [2.45, 2.75) is 43.2 Å². The van der Waals surface area contributed by atoms with Crippen LogP contribution in [0, 0.1) is 11.6 Å². The van der Waals surface area contributed by atoms with E-state index in [9.17, 15) is 8.78 Å². The number of ether oxygens (including phenoxy) is 1. The van der Waals surface area contributed by atoms with Gasteiger partial charge in [0.15, 0.2) is 5.16 Å². The quantitative estimate of drug-likeness (QED) is 0.507. The molecule has 1 fully saturated rings. The number of hydrogen-bond donors (Lipinski definition) is 0. The van der Waals surface area contributed by atoms with E-state index in [0.717, 1.165) is 35.4 Å². The molecule has 1 aromatic carbocycles. The highest BCUT2D eigenvalue weighted by atomic mass is 35.5. The van der Waals surface area contributed by atoms with Crippen molar-refractivity contribution in [3.63, 3.8) is 0 Å². The highest BCUT2D eigenvalue weighted by Crippen LogP contribution is 2.54. The smallest absolute Gasteiger partial charge is 0.186 e. The van der Waals surface area contributed by atoms with Gasteiger partial charge in [-0.3, -0.25) is 0 Å². The number of hydrogen-bond acceptors (Lipinski definition) is 4. The van der Waals surface area contributed by atoms with Crippen molar-refractivity contribution in [3.8, 4) is 0 Å². The van der Waals surface area contributed by atoms with Gasteiger partial charge in [-0.15, -0.1) is 0 Å². The Labute approximate surface area is 165 Å². The number of halogens is 3. The number of benzene rings is 1. The molecule has 2 aromatic rings. The normalized spacial score (nSPS) is 24.5. The molecule has 8 heteroatoms. The molecule has 0 saturated carbocycles. The molecular formula is C19H18ClF2N3OS. The van der Waals surface area contributed by atoms with Crippen LogP contribution >= 0.6 is 23.4 Å². The second-order valence-electron chi connectivity index (χ2n) is 6.45. The summed E-state index contributed by atoms with van der Waals surface area (Å²) in [7, 11) is 0. The van der Waals surface area contributed by atoms with Gasteiger partial charge in [-0.25, -0.2) is 18.4 Å². The fourth-order valence-electron chi connectivity index (χ4n) is 3.44. The van der Waals surface area contributed by atoms with Gasteiger partial charge in [0.1, 0.15) is 29.7 Å². The number of allylic oxidation sites excluding steroid dienone is 2. The van der Waals surface area contributed by atoms with E-state index in [2.05, 4.69) is 10.1 Å². The van der Waals surface area contributed by atoms with Crippen molar-refractivity contribution in [2.24, 2.45) is 0 Å². The van der Waals surface area contributed by atoms with Crippen LogP contribution in [-0.4, -0.2) is 26.6 Å². The largest absolute Gasteiger partial charge is 0.354 e. The van der Waals surface area contributed by atoms with Crippen LogP contribution in [0.15, 0.2) is 52.4 Å². The average molecular weight is 410 g/mol. The summed E-state index contributed by atoms with van der Waals surface area (Å²) < 4.78 is 35.9. The predicted molar refractivity (Wildman–Crippen MR) is 101 cm³/mol. The summed E-state index contributed by atoms with van der Waals surface area (Å²) in [5.41, 5.74) is 0.148. The van der Waals surface area contributed by atoms with Gasteiger partial charge >= 0.3 is 0 Å². The molecule has 1 aromatic heterocycles. The fourth-order valence-corrected chi connectivity index (χ4v) is 4.36. The summed E-state index contributed by atoms with van der Waals surface area (Å²) in [5.74, 6) is -0.430. The molecule has 0 radical (unpaired) electrons. The first kappa shape index (κ1) is 18.7. The predicted octanol–water partition coefficient (Wildman–Crippen LogP) is 4.81. The fraction of sp³-hybridized carbons (Fsp3) is 0.368. The molecule has 1 aliphatic carbocycles. The summed E-state index contributed by atoms with van der Waals surface area (Å²) in [5, 5.41) is 5.72. The summed E-state index contributed by atoms with van der Waals surface area (Å²) >= 11 is 7.96. The lowest BCUT2D eigenvalue weighted by Crippen LogP contribution is -2.24. The molecule has 1 saturated heterocycles. The van der Waals surface area contributed by atoms with Crippen LogP contribution in [0.4, 0.5) is 8.78 Å². The molecule has 4 nitrogen and oxygen atoms in total. The number of aromatic nitrogens is 3. The maximum absolute atomic E-state index is 14.7. The average Bonchev–Trinajstić information content (AvgIpc) is 3.18. The van der Waals surface area contributed by atoms with Gasteiger partial charge in [0.05, 0.1) is 6.54 Å². The van der Waals surface area contributed by atoms with E-state index in [-0.39, 0.29) is 6.54 Å². The molecule has 0 amide bonds. The van der Waals surface area contributed by atoms with Crippen LogP contribution in [0.5, 0.6) is 0 Å². The number of epoxide rings is 1. The Balaban J connectivity index is 1.75. The van der Waals surface area contributed by atoms with Crippen molar-refractivity contribution < 1.29 is 13.5 Å². The Morgan fingerprint density at radius 1 is 1.41 bits per heavy atom. The summed E-state index contributed by atoms with van der Waals surface area (Å²) in [6.07, 6.45) is 6.62. The van der Waals surface area contributed by atoms with Gasteiger partial charge in [0, 0.05) is 16.7 Å². The molecule has 4 rings (SSSR count). The van der Waals surface area contributed by atoms with Crippen molar-refractivity contribution in [1.82, 2.24) is 14.8 Å². The molecular weight excluding hydrogens is 392 g/mol. The highest BCUT2D eigenvalue weighted by molar-refractivity contribution is 7.99. The first-order valence-electron chi connectivity index (χ1n) is 8.74. The first-order chi connectivity index (χ1) is 13.0. The van der Waals surface area contributed by atoms with E-state index in [0.29, 0.717) is 10.6 Å². The Hall–Kier alpha value is -1.70. The minimum atomic E-state index is -0.994. The Bertz CT molecular complexity index is 929. The summed E-state index contributed by atoms with van der Waals surface area (Å²) in [4.78, 5) is 4.25. The Kier molecular flexibility index (Phi) is 5.09. The Morgan fingerprint density at radius 3 is 3.00 bits per heavy atom. The third kappa shape index (κ3) is 3.44. The monoisotopic (exact) mass is 409 g/mol. The van der Waals surface area contributed by atoms with Gasteiger partial charge in [-0.05, 0) is 30.2 Å². The minimum absolute atomic E-state index is 0.268. The second-order valence-corrected chi connectivity index (χ2v) is 8.13. The topological polar surface area (TPSA) is 43.2 Å². The molecule has 1 aliphatic heterocycles. The van der Waals surface area contributed by atoms with Crippen LogP contribution < -0.4 is 0 Å². The van der Waals surface area contributed by atoms with E-state index in [1.54, 1.807) is 16.4 Å². The van der Waals surface area contributed by atoms with Gasteiger partial charge in [-0.1, -0.05) is 48.5 Å². The van der Waals surface area contributed by atoms with Crippen LogP contribution in [-0.2, 0) is 16.9 Å². The third-order valence-electron chi connectivity index (χ3n) is 4.74. The molecule has 142 valence electrons. The Morgan fingerprint density at radius 2 is 2.26 bits per heavy atom. The highest BCUT2D eigenvalue weighted by Gasteiger charge is 2.61. The summed E-state index contributed by atoms with van der Waals surface area (Å²) in [6.45, 7) is 2.29. The molecule has 2 unspecified atom stereocenters. The van der Waals surface area contributed by atoms with Crippen molar-refractivity contribution in [1.29, 1.82) is 0 Å². The maximum atomic E-state index is 14.7. The van der Waals surface area contributed by atoms with Crippen molar-refractivity contribution in [3.05, 3.63) is 64.5 Å². The number of nitrogens with zero attached hydrogens (tertiary/aromatic N) is 3. The third-order valence-corrected chi connectivity index (χ3v) is 6.01. The minimum Gasteiger partial charge on any atom is -0.354 e. The van der Waals surface area contributed by atoms with Crippen LogP contribution in [0.1, 0.15) is 25.3 Å². The van der Waals surface area contributed by atoms with E-state index in [1.807, 2.05) is 19.1 Å². The number of thioether (sulfide) groups is 1. The molecule has 2 aliphatic rings.